The van der Waals surface area contributed by atoms with Crippen LogP contribution in [0.15, 0.2) is 24.3 Å². The van der Waals surface area contributed by atoms with Gasteiger partial charge in [0.1, 0.15) is 0 Å². The number of aliphatic hydroxyl groups excluding tert-OH is 1. The zero-order valence-corrected chi connectivity index (χ0v) is 11.4. The molecule has 2 N–H and O–H groups in total. The quantitative estimate of drug-likeness (QED) is 0.767. The Hall–Kier alpha value is -1.39. The summed E-state index contributed by atoms with van der Waals surface area (Å²) in [4.78, 5) is 11.4. The lowest BCUT2D eigenvalue weighted by Crippen LogP contribution is -2.38. The Bertz CT molecular complexity index is 426. The van der Waals surface area contributed by atoms with Crippen LogP contribution in [0.5, 0.6) is 0 Å². The van der Waals surface area contributed by atoms with Crippen molar-refractivity contribution in [2.45, 2.75) is 44.4 Å². The second-order valence-corrected chi connectivity index (χ2v) is 5.18. The lowest BCUT2D eigenvalue weighted by atomic mass is 9.98. The number of hydrogen-bond donors (Lipinski definition) is 2. The molecule has 1 aliphatic carbocycles. The van der Waals surface area contributed by atoms with Crippen molar-refractivity contribution in [1.82, 2.24) is 5.32 Å². The molecular formula is C15H21NO3. The standard InChI is InChI=1S/C15H21NO3/c1-10-3-5-11(6-4-10)15(18)13(9-14(17)19-2)16-12-7-8-12/h3-6,12-13,15-16,18H,7-9H2,1-2H3. The molecule has 0 aliphatic heterocycles. The monoisotopic (exact) mass is 263 g/mol. The van der Waals surface area contributed by atoms with Crippen molar-refractivity contribution in [3.8, 4) is 0 Å². The first-order valence-corrected chi connectivity index (χ1v) is 6.67. The third-order valence-corrected chi connectivity index (χ3v) is 3.44. The second-order valence-electron chi connectivity index (χ2n) is 5.18. The van der Waals surface area contributed by atoms with Crippen molar-refractivity contribution < 1.29 is 14.6 Å². The van der Waals surface area contributed by atoms with E-state index in [4.69, 9.17) is 4.74 Å². The van der Waals surface area contributed by atoms with Gasteiger partial charge in [-0.05, 0) is 25.3 Å². The highest BCUT2D eigenvalue weighted by atomic mass is 16.5. The zero-order chi connectivity index (χ0) is 13.8. The predicted octanol–water partition coefficient (Wildman–Crippen LogP) is 1.71. The predicted molar refractivity (Wildman–Crippen MR) is 72.7 cm³/mol. The smallest absolute Gasteiger partial charge is 0.307 e. The molecule has 104 valence electrons. The third kappa shape index (κ3) is 4.04. The molecule has 2 atom stereocenters. The summed E-state index contributed by atoms with van der Waals surface area (Å²) >= 11 is 0. The van der Waals surface area contributed by atoms with Gasteiger partial charge in [0, 0.05) is 12.1 Å². The van der Waals surface area contributed by atoms with Gasteiger partial charge in [0.2, 0.25) is 0 Å². The molecule has 1 saturated carbocycles. The largest absolute Gasteiger partial charge is 0.469 e. The number of aryl methyl sites for hydroxylation is 1. The van der Waals surface area contributed by atoms with Crippen LogP contribution in [0, 0.1) is 6.92 Å². The molecule has 0 amide bonds. The first kappa shape index (κ1) is 14.0. The molecule has 0 bridgehead atoms. The van der Waals surface area contributed by atoms with E-state index in [1.165, 1.54) is 7.11 Å². The number of carbonyl (C=O) groups is 1. The number of esters is 1. The Morgan fingerprint density at radius 3 is 2.58 bits per heavy atom. The average molecular weight is 263 g/mol. The van der Waals surface area contributed by atoms with E-state index in [0.29, 0.717) is 6.04 Å². The molecule has 2 unspecified atom stereocenters. The van der Waals surface area contributed by atoms with E-state index in [9.17, 15) is 9.90 Å². The van der Waals surface area contributed by atoms with E-state index in [2.05, 4.69) is 5.32 Å². The van der Waals surface area contributed by atoms with Gasteiger partial charge in [-0.1, -0.05) is 29.8 Å². The number of methoxy groups -OCH3 is 1. The van der Waals surface area contributed by atoms with Gasteiger partial charge in [-0.3, -0.25) is 4.79 Å². The fourth-order valence-electron chi connectivity index (χ4n) is 2.07. The molecule has 0 heterocycles. The Morgan fingerprint density at radius 1 is 1.42 bits per heavy atom. The van der Waals surface area contributed by atoms with Crippen LogP contribution in [0.3, 0.4) is 0 Å². The summed E-state index contributed by atoms with van der Waals surface area (Å²) in [6.45, 7) is 2.00. The number of nitrogens with one attached hydrogen (secondary N) is 1. The minimum atomic E-state index is -0.694. The SMILES string of the molecule is COC(=O)CC(NC1CC1)C(O)c1ccc(C)cc1. The Labute approximate surface area is 113 Å². The zero-order valence-electron chi connectivity index (χ0n) is 11.4. The molecule has 0 saturated heterocycles. The number of hydrogen-bond acceptors (Lipinski definition) is 4. The minimum Gasteiger partial charge on any atom is -0.469 e. The van der Waals surface area contributed by atoms with E-state index in [1.54, 1.807) is 0 Å². The first-order chi connectivity index (χ1) is 9.10. The normalized spacial score (nSPS) is 17.8. The molecule has 0 spiro atoms. The van der Waals surface area contributed by atoms with Gasteiger partial charge in [0.25, 0.3) is 0 Å². The van der Waals surface area contributed by atoms with E-state index in [-0.39, 0.29) is 18.4 Å². The fraction of sp³-hybridized carbons (Fsp3) is 0.533. The molecule has 4 heteroatoms. The van der Waals surface area contributed by atoms with Crippen LogP contribution in [0.4, 0.5) is 0 Å². The van der Waals surface area contributed by atoms with Crippen LogP contribution >= 0.6 is 0 Å². The summed E-state index contributed by atoms with van der Waals surface area (Å²) in [7, 11) is 1.37. The van der Waals surface area contributed by atoms with E-state index < -0.39 is 6.10 Å². The molecule has 1 aromatic carbocycles. The van der Waals surface area contributed by atoms with Crippen molar-refractivity contribution in [3.05, 3.63) is 35.4 Å². The molecule has 4 nitrogen and oxygen atoms in total. The van der Waals surface area contributed by atoms with Crippen LogP contribution in [0.2, 0.25) is 0 Å². The van der Waals surface area contributed by atoms with E-state index >= 15 is 0 Å². The molecule has 19 heavy (non-hydrogen) atoms. The van der Waals surface area contributed by atoms with E-state index in [0.717, 1.165) is 24.0 Å². The molecule has 0 aromatic heterocycles. The van der Waals surface area contributed by atoms with Gasteiger partial charge in [-0.2, -0.15) is 0 Å². The second kappa shape index (κ2) is 6.17. The summed E-state index contributed by atoms with van der Waals surface area (Å²) in [5.41, 5.74) is 1.98. The van der Waals surface area contributed by atoms with Crippen molar-refractivity contribution in [2.75, 3.05) is 7.11 Å². The maximum atomic E-state index is 11.4. The number of ether oxygens (including phenoxy) is 1. The summed E-state index contributed by atoms with van der Waals surface area (Å²) in [5, 5.41) is 13.7. The maximum Gasteiger partial charge on any atom is 0.307 e. The van der Waals surface area contributed by atoms with Gasteiger partial charge in [-0.15, -0.1) is 0 Å². The van der Waals surface area contributed by atoms with Crippen LogP contribution in [0.25, 0.3) is 0 Å². The summed E-state index contributed by atoms with van der Waals surface area (Å²) in [6.07, 6.45) is 1.71. The molecule has 1 aliphatic rings. The van der Waals surface area contributed by atoms with Crippen molar-refractivity contribution in [1.29, 1.82) is 0 Å². The van der Waals surface area contributed by atoms with Gasteiger partial charge in [0.15, 0.2) is 0 Å². The van der Waals surface area contributed by atoms with E-state index in [1.807, 2.05) is 31.2 Å². The molecular weight excluding hydrogens is 242 g/mol. The molecule has 1 aromatic rings. The van der Waals surface area contributed by atoms with Gasteiger partial charge in [0.05, 0.1) is 19.6 Å². The number of carbonyl (C=O) groups excluding carboxylic acids is 1. The maximum absolute atomic E-state index is 11.4. The van der Waals surface area contributed by atoms with Crippen molar-refractivity contribution in [3.63, 3.8) is 0 Å². The van der Waals surface area contributed by atoms with Crippen LogP contribution < -0.4 is 5.32 Å². The van der Waals surface area contributed by atoms with Gasteiger partial charge < -0.3 is 15.2 Å². The topological polar surface area (TPSA) is 58.6 Å². The summed E-state index contributed by atoms with van der Waals surface area (Å²) < 4.78 is 4.70. The minimum absolute atomic E-state index is 0.183. The Balaban J connectivity index is 2.06. The highest BCUT2D eigenvalue weighted by molar-refractivity contribution is 5.70. The first-order valence-electron chi connectivity index (χ1n) is 6.67. The van der Waals surface area contributed by atoms with Crippen LogP contribution in [-0.4, -0.2) is 30.3 Å². The molecule has 1 fully saturated rings. The number of aliphatic hydroxyl groups is 1. The summed E-state index contributed by atoms with van der Waals surface area (Å²) in [6, 6.07) is 7.87. The van der Waals surface area contributed by atoms with Gasteiger partial charge in [-0.25, -0.2) is 0 Å². The number of rotatable bonds is 6. The lowest BCUT2D eigenvalue weighted by Gasteiger charge is -2.23. The van der Waals surface area contributed by atoms with Crippen molar-refractivity contribution in [2.24, 2.45) is 0 Å². The molecule has 0 radical (unpaired) electrons. The highest BCUT2D eigenvalue weighted by Crippen LogP contribution is 2.25. The van der Waals surface area contributed by atoms with Crippen molar-refractivity contribution >= 4 is 5.97 Å². The Kier molecular flexibility index (Phi) is 4.56. The highest BCUT2D eigenvalue weighted by Gasteiger charge is 2.30. The average Bonchev–Trinajstić information content (AvgIpc) is 3.22. The molecule has 2 rings (SSSR count). The summed E-state index contributed by atoms with van der Waals surface area (Å²) in [5.74, 6) is -0.302. The van der Waals surface area contributed by atoms with Crippen LogP contribution in [-0.2, 0) is 9.53 Å². The Morgan fingerprint density at radius 2 is 2.05 bits per heavy atom. The van der Waals surface area contributed by atoms with Gasteiger partial charge >= 0.3 is 5.97 Å². The lowest BCUT2D eigenvalue weighted by molar-refractivity contribution is -0.142. The third-order valence-electron chi connectivity index (χ3n) is 3.44. The number of benzene rings is 1. The fourth-order valence-corrected chi connectivity index (χ4v) is 2.07. The van der Waals surface area contributed by atoms with Crippen LogP contribution in [0.1, 0.15) is 36.5 Å².